The molecule has 0 amide bonds. The second kappa shape index (κ2) is 5.31. The van der Waals surface area contributed by atoms with Crippen LogP contribution in [0.1, 0.15) is 47.0 Å². The van der Waals surface area contributed by atoms with Gasteiger partial charge in [-0.3, -0.25) is 0 Å². The topological polar surface area (TPSA) is 29.3 Å². The number of hydrogen-bond donors (Lipinski definition) is 1. The third kappa shape index (κ3) is 4.52. The van der Waals surface area contributed by atoms with Gasteiger partial charge in [0.05, 0.1) is 0 Å². The van der Waals surface area contributed by atoms with Gasteiger partial charge in [-0.2, -0.15) is 0 Å². The van der Waals surface area contributed by atoms with E-state index in [0.29, 0.717) is 17.4 Å². The summed E-state index contributed by atoms with van der Waals surface area (Å²) in [5.74, 6) is 0.614. The summed E-state index contributed by atoms with van der Waals surface area (Å²) in [4.78, 5) is 2.59. The molecule has 2 heteroatoms. The van der Waals surface area contributed by atoms with Crippen LogP contribution in [-0.2, 0) is 0 Å². The highest BCUT2D eigenvalue weighted by Gasteiger charge is 2.26. The van der Waals surface area contributed by atoms with Crippen molar-refractivity contribution in [3.63, 3.8) is 0 Å². The van der Waals surface area contributed by atoms with Crippen molar-refractivity contribution in [1.82, 2.24) is 4.90 Å². The third-order valence-corrected chi connectivity index (χ3v) is 3.61. The number of likely N-dealkylation sites (tertiary alicyclic amines) is 1. The molecule has 90 valence electrons. The quantitative estimate of drug-likeness (QED) is 0.776. The van der Waals surface area contributed by atoms with E-state index in [1.807, 2.05) is 0 Å². The van der Waals surface area contributed by atoms with Crippen LogP contribution in [0.4, 0.5) is 0 Å². The van der Waals surface area contributed by atoms with Crippen LogP contribution in [0.5, 0.6) is 0 Å². The van der Waals surface area contributed by atoms with Gasteiger partial charge in [0.1, 0.15) is 0 Å². The molecule has 0 aromatic heterocycles. The molecule has 0 aromatic rings. The minimum absolute atomic E-state index is 0.370. The molecule has 0 saturated carbocycles. The Morgan fingerprint density at radius 1 is 1.33 bits per heavy atom. The maximum atomic E-state index is 6.07. The third-order valence-electron chi connectivity index (χ3n) is 3.61. The van der Waals surface area contributed by atoms with Gasteiger partial charge < -0.3 is 10.6 Å². The predicted molar refractivity (Wildman–Crippen MR) is 66.9 cm³/mol. The first kappa shape index (κ1) is 13.0. The smallest absolute Gasteiger partial charge is 0.00740 e. The molecule has 1 aliphatic rings. The lowest BCUT2D eigenvalue weighted by molar-refractivity contribution is 0.113. The monoisotopic (exact) mass is 212 g/mol. The molecule has 1 aliphatic heterocycles. The number of piperidine rings is 1. The maximum absolute atomic E-state index is 6.07. The van der Waals surface area contributed by atoms with Gasteiger partial charge in [0, 0.05) is 12.6 Å². The molecule has 2 N–H and O–H groups in total. The van der Waals surface area contributed by atoms with E-state index in [1.165, 1.54) is 32.5 Å². The van der Waals surface area contributed by atoms with Gasteiger partial charge in [-0.15, -0.1) is 0 Å². The van der Waals surface area contributed by atoms with E-state index >= 15 is 0 Å². The van der Waals surface area contributed by atoms with Gasteiger partial charge in [-0.05, 0) is 43.7 Å². The Labute approximate surface area is 95.2 Å². The van der Waals surface area contributed by atoms with Crippen LogP contribution in [-0.4, -0.2) is 30.6 Å². The summed E-state index contributed by atoms with van der Waals surface area (Å²) >= 11 is 0. The normalized spacial score (nSPS) is 24.4. The molecule has 0 radical (unpaired) electrons. The molecule has 1 atom stereocenters. The first-order chi connectivity index (χ1) is 6.91. The van der Waals surface area contributed by atoms with Gasteiger partial charge in [0.2, 0.25) is 0 Å². The average molecular weight is 212 g/mol. The Morgan fingerprint density at radius 3 is 2.53 bits per heavy atom. The second-order valence-electron chi connectivity index (χ2n) is 6.24. The molecular formula is C13H28N2. The lowest BCUT2D eigenvalue weighted by atomic mass is 9.84. The Morgan fingerprint density at radius 2 is 2.00 bits per heavy atom. The molecule has 0 aromatic carbocycles. The Balaban J connectivity index is 2.27. The van der Waals surface area contributed by atoms with E-state index < -0.39 is 0 Å². The van der Waals surface area contributed by atoms with Crippen LogP contribution in [0.15, 0.2) is 0 Å². The van der Waals surface area contributed by atoms with Crippen molar-refractivity contribution in [1.29, 1.82) is 0 Å². The van der Waals surface area contributed by atoms with Gasteiger partial charge >= 0.3 is 0 Å². The van der Waals surface area contributed by atoms with E-state index in [9.17, 15) is 0 Å². The first-order valence-corrected chi connectivity index (χ1v) is 6.39. The highest BCUT2D eigenvalue weighted by molar-refractivity contribution is 4.80. The molecule has 0 bridgehead atoms. The van der Waals surface area contributed by atoms with E-state index in [-0.39, 0.29) is 0 Å². The van der Waals surface area contributed by atoms with Crippen LogP contribution in [0.3, 0.4) is 0 Å². The zero-order chi connectivity index (χ0) is 11.5. The van der Waals surface area contributed by atoms with E-state index in [2.05, 4.69) is 32.6 Å². The van der Waals surface area contributed by atoms with Gasteiger partial charge in [-0.25, -0.2) is 0 Å². The molecule has 1 rings (SSSR count). The Kier molecular flexibility index (Phi) is 4.60. The molecule has 1 heterocycles. The molecule has 1 fully saturated rings. The van der Waals surface area contributed by atoms with E-state index in [0.717, 1.165) is 6.42 Å². The van der Waals surface area contributed by atoms with Gasteiger partial charge in [-0.1, -0.05) is 27.7 Å². The minimum Gasteiger partial charge on any atom is -0.327 e. The van der Waals surface area contributed by atoms with Crippen LogP contribution in [0.25, 0.3) is 0 Å². The maximum Gasteiger partial charge on any atom is 0.00740 e. The fourth-order valence-electron chi connectivity index (χ4n) is 2.40. The largest absolute Gasteiger partial charge is 0.327 e. The van der Waals surface area contributed by atoms with Crippen LogP contribution in [0, 0.1) is 11.3 Å². The molecular weight excluding hydrogens is 184 g/mol. The zero-order valence-corrected chi connectivity index (χ0v) is 10.9. The van der Waals surface area contributed by atoms with Crippen molar-refractivity contribution in [2.45, 2.75) is 53.0 Å². The molecule has 0 aliphatic carbocycles. The lowest BCUT2D eigenvalue weighted by Crippen LogP contribution is -2.42. The summed E-state index contributed by atoms with van der Waals surface area (Å²) in [6.07, 6.45) is 3.87. The summed E-state index contributed by atoms with van der Waals surface area (Å²) in [6, 6.07) is 0.370. The molecule has 2 nitrogen and oxygen atoms in total. The molecule has 0 spiro atoms. The molecule has 15 heavy (non-hydrogen) atoms. The van der Waals surface area contributed by atoms with Crippen LogP contribution < -0.4 is 5.73 Å². The minimum atomic E-state index is 0.370. The Bertz CT molecular complexity index is 187. The van der Waals surface area contributed by atoms with Crippen LogP contribution in [0.2, 0.25) is 0 Å². The predicted octanol–water partition coefficient (Wildman–Crippen LogP) is 2.48. The highest BCUT2D eigenvalue weighted by atomic mass is 15.1. The number of hydrogen-bond acceptors (Lipinski definition) is 2. The summed E-state index contributed by atoms with van der Waals surface area (Å²) in [5, 5.41) is 0. The fourth-order valence-corrected chi connectivity index (χ4v) is 2.40. The highest BCUT2D eigenvalue weighted by Crippen LogP contribution is 2.28. The standard InChI is InChI=1S/C13H28N2/c1-11(2)12(14)6-9-15-8-5-7-13(3,4)10-15/h11-12H,5-10,14H2,1-4H3. The number of nitrogens with two attached hydrogens (primary N) is 1. The molecule has 1 saturated heterocycles. The summed E-state index contributed by atoms with van der Waals surface area (Å²) < 4.78 is 0. The SMILES string of the molecule is CC(C)C(N)CCN1CCCC(C)(C)C1. The second-order valence-corrected chi connectivity index (χ2v) is 6.24. The van der Waals surface area contributed by atoms with Crippen molar-refractivity contribution < 1.29 is 0 Å². The van der Waals surface area contributed by atoms with Crippen molar-refractivity contribution >= 4 is 0 Å². The van der Waals surface area contributed by atoms with Crippen LogP contribution >= 0.6 is 0 Å². The first-order valence-electron chi connectivity index (χ1n) is 6.39. The summed E-state index contributed by atoms with van der Waals surface area (Å²) in [6.45, 7) is 12.9. The fraction of sp³-hybridized carbons (Fsp3) is 1.00. The average Bonchev–Trinajstić information content (AvgIpc) is 2.12. The summed E-state index contributed by atoms with van der Waals surface area (Å²) in [7, 11) is 0. The lowest BCUT2D eigenvalue weighted by Gasteiger charge is -2.38. The number of nitrogens with zero attached hydrogens (tertiary/aromatic N) is 1. The van der Waals surface area contributed by atoms with Crippen molar-refractivity contribution in [3.8, 4) is 0 Å². The van der Waals surface area contributed by atoms with E-state index in [4.69, 9.17) is 5.73 Å². The van der Waals surface area contributed by atoms with Crippen molar-refractivity contribution in [2.75, 3.05) is 19.6 Å². The summed E-state index contributed by atoms with van der Waals surface area (Å²) in [5.41, 5.74) is 6.59. The van der Waals surface area contributed by atoms with Gasteiger partial charge in [0.25, 0.3) is 0 Å². The van der Waals surface area contributed by atoms with Crippen molar-refractivity contribution in [2.24, 2.45) is 17.1 Å². The zero-order valence-electron chi connectivity index (χ0n) is 10.9. The Hall–Kier alpha value is -0.0800. The van der Waals surface area contributed by atoms with E-state index in [1.54, 1.807) is 0 Å². The molecule has 1 unspecified atom stereocenters. The van der Waals surface area contributed by atoms with Crippen molar-refractivity contribution in [3.05, 3.63) is 0 Å². The number of rotatable bonds is 4. The van der Waals surface area contributed by atoms with Gasteiger partial charge in [0.15, 0.2) is 0 Å².